The summed E-state index contributed by atoms with van der Waals surface area (Å²) in [7, 11) is 8.70. The van der Waals surface area contributed by atoms with Crippen molar-refractivity contribution >= 4 is 17.2 Å². The van der Waals surface area contributed by atoms with Gasteiger partial charge in [0.15, 0.2) is 5.78 Å². The smallest absolute Gasteiger partial charge is 0.496 e. The molecule has 0 aliphatic carbocycles. The van der Waals surface area contributed by atoms with Crippen molar-refractivity contribution in [2.24, 2.45) is 28.2 Å². The van der Waals surface area contributed by atoms with Gasteiger partial charge < -0.3 is 34.3 Å². The Balaban J connectivity index is 0.000000156. The third-order valence-electron chi connectivity index (χ3n) is 17.7. The fraction of sp³-hybridized carbons (Fsp3) is 0.202. The topological polar surface area (TPSA) is 272 Å². The van der Waals surface area contributed by atoms with Gasteiger partial charge in [-0.05, 0) is 141 Å². The second-order valence-electron chi connectivity index (χ2n) is 26.4. The minimum atomic E-state index is -4.80. The summed E-state index contributed by atoms with van der Waals surface area (Å²) in [6.45, 7) is 7.33. The lowest BCUT2D eigenvalue weighted by Crippen LogP contribution is -2.20. The lowest BCUT2D eigenvalue weighted by atomic mass is 9.98. The molecule has 35 heteroatoms. The number of nitrogens with zero attached hydrogens (tertiary/aromatic N) is 14. The Kier molecular flexibility index (Phi) is 27.1. The molecule has 0 saturated carbocycles. The average molecular weight is 1640 g/mol. The van der Waals surface area contributed by atoms with Crippen molar-refractivity contribution < 1.29 is 68.0 Å². The Morgan fingerprint density at radius 3 is 1.28 bits per heavy atom. The highest BCUT2D eigenvalue weighted by Crippen LogP contribution is 2.35. The highest BCUT2D eigenvalue weighted by atomic mass is 19.4. The number of carbonyl (C=O) groups is 1. The normalized spacial score (nSPS) is 11.3. The molecule has 0 spiro atoms. The van der Waals surface area contributed by atoms with Crippen LogP contribution in [0.25, 0.3) is 67.3 Å². The number of pyridine rings is 6. The first-order valence-corrected chi connectivity index (χ1v) is 36.5. The van der Waals surface area contributed by atoms with Gasteiger partial charge in [0, 0.05) is 212 Å². The molecular weight excluding hydrogens is 1560 g/mol. The van der Waals surface area contributed by atoms with E-state index in [9.17, 15) is 63.5 Å². The number of aryl methyl sites for hydroxylation is 5. The van der Waals surface area contributed by atoms with Crippen molar-refractivity contribution in [1.29, 1.82) is 0 Å². The van der Waals surface area contributed by atoms with Crippen LogP contribution in [0.2, 0.25) is 0 Å². The molecule has 0 radical (unpaired) electrons. The van der Waals surface area contributed by atoms with Crippen molar-refractivity contribution in [3.63, 3.8) is 0 Å². The molecule has 0 unspecified atom stereocenters. The van der Waals surface area contributed by atoms with Crippen LogP contribution in [0.3, 0.4) is 0 Å². The Morgan fingerprint density at radius 1 is 0.445 bits per heavy atom. The second kappa shape index (κ2) is 37.8. The monoisotopic (exact) mass is 1640 g/mol. The van der Waals surface area contributed by atoms with Crippen molar-refractivity contribution in [3.05, 3.63) is 302 Å². The van der Waals surface area contributed by atoms with Gasteiger partial charge in [0.2, 0.25) is 0 Å². The van der Waals surface area contributed by atoms with Gasteiger partial charge in [-0.25, -0.2) is 0 Å². The standard InChI is InChI=1S/2C22H18F3N5O2.C21H20F3N3O3.C19H21N3O3/c1-29-13-16(12-28-29)19-14-30(17-4-6-18(7-5-17)32-22(23,24)25)21(31)9-20(19)27-11-15-3-2-8-26-10-15;1-29-13-15(11-28-29)19-14-30(17-5-7-18(8-6-17)32-22(23,24)25)21(31)10-20(19)27-12-16-4-2-3-9-26-16;1-3-4-5-19(28)17-10-20(29)27(13-18(17)14-11-25-26(2)12-14)15-6-8-16(9-7-15)30-21(22,23)24;1-5-25-15-6-7-17(13(2)8-15)22-12-16(14-10-20-21(3)11-14)18(24-4)9-19(22)23/h2-10,12-14,27H,11H2,1H3;2-11,13-14,27H,12H2,1H3;6-13H,3-5H2,1-2H3;6-12H,5H2,1-4H3. The zero-order chi connectivity index (χ0) is 85.3. The maximum absolute atomic E-state index is 12.8. The summed E-state index contributed by atoms with van der Waals surface area (Å²) in [5, 5.41) is 23.2. The summed E-state index contributed by atoms with van der Waals surface area (Å²) in [5.41, 5.74) is 10.6. The number of hydrogen-bond donors (Lipinski definition) is 2. The molecule has 0 atom stereocenters. The number of hydrogen-bond acceptors (Lipinski definition) is 18. The number of anilines is 2. The lowest BCUT2D eigenvalue weighted by Gasteiger charge is -2.15. The van der Waals surface area contributed by atoms with E-state index in [1.54, 1.807) is 132 Å². The molecule has 0 aliphatic heterocycles. The Labute approximate surface area is 672 Å². The quantitative estimate of drug-likeness (QED) is 0.0420. The number of halogens is 9. The van der Waals surface area contributed by atoms with Crippen LogP contribution in [0.4, 0.5) is 50.9 Å². The number of carbonyl (C=O) groups excluding carboxylic acids is 1. The van der Waals surface area contributed by atoms with Crippen molar-refractivity contribution in [1.82, 2.24) is 67.4 Å². The number of nitrogens with one attached hydrogen (secondary N) is 2. The number of benzene rings is 4. The predicted octanol–water partition coefficient (Wildman–Crippen LogP) is 15.8. The van der Waals surface area contributed by atoms with Crippen molar-refractivity contribution in [2.45, 2.75) is 72.2 Å². The molecule has 0 fully saturated rings. The number of unbranched alkanes of at least 4 members (excludes halogenated alkanes) is 1. The number of ketones is 1. The Hall–Kier alpha value is -14.5. The molecule has 0 amide bonds. The van der Waals surface area contributed by atoms with E-state index in [2.05, 4.69) is 55.2 Å². The molecule has 10 heterocycles. The summed E-state index contributed by atoms with van der Waals surface area (Å²) in [6, 6.07) is 35.7. The maximum atomic E-state index is 12.8. The lowest BCUT2D eigenvalue weighted by molar-refractivity contribution is -0.275. The molecule has 14 rings (SSSR count). The first kappa shape index (κ1) is 85.3. The third-order valence-corrected chi connectivity index (χ3v) is 17.7. The molecule has 0 bridgehead atoms. The van der Waals surface area contributed by atoms with Gasteiger partial charge in [-0.1, -0.05) is 25.5 Å². The van der Waals surface area contributed by atoms with Crippen LogP contribution < -0.4 is 56.6 Å². The second-order valence-corrected chi connectivity index (χ2v) is 26.4. The molecule has 10 aromatic heterocycles. The molecule has 119 heavy (non-hydrogen) atoms. The van der Waals surface area contributed by atoms with Crippen LogP contribution in [-0.4, -0.2) is 106 Å². The van der Waals surface area contributed by atoms with E-state index in [0.717, 1.165) is 93.3 Å². The van der Waals surface area contributed by atoms with Crippen LogP contribution in [0.15, 0.2) is 258 Å². The van der Waals surface area contributed by atoms with E-state index in [1.807, 2.05) is 82.5 Å². The third kappa shape index (κ3) is 23.2. The van der Waals surface area contributed by atoms with E-state index >= 15 is 0 Å². The number of Topliss-reactive ketones (excluding diaryl/α,β-unsaturated/α-hetero) is 1. The van der Waals surface area contributed by atoms with Gasteiger partial charge >= 0.3 is 19.1 Å². The summed E-state index contributed by atoms with van der Waals surface area (Å²) in [4.78, 5) is 72.0. The van der Waals surface area contributed by atoms with Gasteiger partial charge in [0.05, 0.1) is 56.4 Å². The summed E-state index contributed by atoms with van der Waals surface area (Å²) in [5.74, 6) is 0.0506. The number of alkyl halides is 9. The van der Waals surface area contributed by atoms with E-state index < -0.39 is 30.4 Å². The van der Waals surface area contributed by atoms with Crippen LogP contribution in [-0.2, 0) is 41.3 Å². The molecule has 0 saturated heterocycles. The van der Waals surface area contributed by atoms with Crippen molar-refractivity contribution in [3.8, 4) is 96.0 Å². The summed E-state index contributed by atoms with van der Waals surface area (Å²) < 4.78 is 146. The minimum Gasteiger partial charge on any atom is -0.496 e. The van der Waals surface area contributed by atoms with Gasteiger partial charge in [0.1, 0.15) is 28.7 Å². The fourth-order valence-electron chi connectivity index (χ4n) is 12.2. The Morgan fingerprint density at radius 2 is 0.874 bits per heavy atom. The highest BCUT2D eigenvalue weighted by Gasteiger charge is 2.33. The molecule has 616 valence electrons. The van der Waals surface area contributed by atoms with Crippen LogP contribution in [0.1, 0.15) is 60.3 Å². The average Bonchev–Trinajstić information content (AvgIpc) is 1.01. The molecule has 26 nitrogen and oxygen atoms in total. The molecule has 0 aliphatic rings. The predicted molar refractivity (Wildman–Crippen MR) is 426 cm³/mol. The summed E-state index contributed by atoms with van der Waals surface area (Å²) in [6.07, 6.45) is 13.0. The SMILES string of the molecule is CCCCC(=O)c1cc(=O)n(-c2ccc(OC(F)(F)F)cc2)cc1-c1cnn(C)c1.CCOc1ccc(-n2cc(-c3cnn(C)c3)c(OC)cc2=O)c(C)c1.Cn1cc(-c2cn(-c3ccc(OC(F)(F)F)cc3)c(=O)cc2NCc2ccccn2)cn1.Cn1cc(-c2cn(-c3ccc(OC(F)(F)F)cc3)c(=O)cc2NCc2cccnc2)cn1. The highest BCUT2D eigenvalue weighted by molar-refractivity contribution is 6.02. The van der Waals surface area contributed by atoms with Gasteiger partial charge in [-0.3, -0.25) is 70.9 Å². The Bertz CT molecular complexity index is 5860. The van der Waals surface area contributed by atoms with Crippen LogP contribution >= 0.6 is 0 Å². The van der Waals surface area contributed by atoms with Crippen LogP contribution in [0.5, 0.6) is 28.7 Å². The summed E-state index contributed by atoms with van der Waals surface area (Å²) >= 11 is 0. The first-order valence-electron chi connectivity index (χ1n) is 36.5. The van der Waals surface area contributed by atoms with Gasteiger partial charge in [-0.2, -0.15) is 20.4 Å². The van der Waals surface area contributed by atoms with E-state index in [0.29, 0.717) is 94.5 Å². The molecule has 14 aromatic rings. The fourth-order valence-corrected chi connectivity index (χ4v) is 12.2. The largest absolute Gasteiger partial charge is 0.573 e. The van der Waals surface area contributed by atoms with E-state index in [-0.39, 0.29) is 34.0 Å². The maximum Gasteiger partial charge on any atom is 0.573 e. The molecule has 2 N–H and O–H groups in total. The zero-order valence-electron chi connectivity index (χ0n) is 65.0. The minimum absolute atomic E-state index is 0.145. The van der Waals surface area contributed by atoms with Gasteiger partial charge in [0.25, 0.3) is 22.2 Å². The van der Waals surface area contributed by atoms with Gasteiger partial charge in [-0.15, -0.1) is 39.5 Å². The van der Waals surface area contributed by atoms with E-state index in [1.165, 1.54) is 80.6 Å². The number of rotatable bonds is 24. The zero-order valence-corrected chi connectivity index (χ0v) is 65.0. The number of methoxy groups -OCH3 is 1. The molecule has 4 aromatic carbocycles. The van der Waals surface area contributed by atoms with Crippen molar-refractivity contribution in [2.75, 3.05) is 24.4 Å². The van der Waals surface area contributed by atoms with E-state index in [4.69, 9.17) is 9.47 Å². The van der Waals surface area contributed by atoms with Crippen LogP contribution in [0, 0.1) is 6.92 Å². The molecular formula is C84H77F9N16O10. The first-order chi connectivity index (χ1) is 56.8. The number of aromatic nitrogens is 14. The number of ether oxygens (including phenoxy) is 5.